The number of aromatic nitrogens is 2. The number of likely N-dealkylation sites (tertiary alicyclic amines) is 1. The van der Waals surface area contributed by atoms with Gasteiger partial charge in [0.1, 0.15) is 5.82 Å². The van der Waals surface area contributed by atoms with E-state index in [0.717, 1.165) is 62.4 Å². The van der Waals surface area contributed by atoms with Gasteiger partial charge in [0, 0.05) is 48.9 Å². The van der Waals surface area contributed by atoms with Crippen LogP contribution in [-0.2, 0) is 6.54 Å². The second-order valence-electron chi connectivity index (χ2n) is 9.00. The Morgan fingerprint density at radius 3 is 2.36 bits per heavy atom. The van der Waals surface area contributed by atoms with Crippen LogP contribution in [0.5, 0.6) is 0 Å². The van der Waals surface area contributed by atoms with Gasteiger partial charge in [-0.2, -0.15) is 4.98 Å². The summed E-state index contributed by atoms with van der Waals surface area (Å²) in [7, 11) is 0. The maximum Gasteiger partial charge on any atom is 0.251 e. The molecule has 2 aliphatic rings. The number of rotatable bonds is 7. The van der Waals surface area contributed by atoms with E-state index in [9.17, 15) is 4.79 Å². The van der Waals surface area contributed by atoms with Crippen molar-refractivity contribution in [1.29, 1.82) is 0 Å². The third-order valence-corrected chi connectivity index (χ3v) is 6.29. The van der Waals surface area contributed by atoms with Gasteiger partial charge in [0.05, 0.1) is 5.69 Å². The molecule has 0 atom stereocenters. The van der Waals surface area contributed by atoms with Crippen molar-refractivity contribution in [3.8, 4) is 11.3 Å². The van der Waals surface area contributed by atoms with Crippen molar-refractivity contribution in [1.82, 2.24) is 20.2 Å². The van der Waals surface area contributed by atoms with Crippen LogP contribution in [-0.4, -0.2) is 45.9 Å². The van der Waals surface area contributed by atoms with E-state index in [2.05, 4.69) is 55.8 Å². The van der Waals surface area contributed by atoms with Crippen molar-refractivity contribution in [2.75, 3.05) is 24.1 Å². The number of amides is 1. The summed E-state index contributed by atoms with van der Waals surface area (Å²) in [6.45, 7) is 3.08. The topological polar surface area (TPSA) is 96.2 Å². The molecule has 0 unspecified atom stereocenters. The van der Waals surface area contributed by atoms with Crippen molar-refractivity contribution in [2.24, 2.45) is 0 Å². The number of nitrogens with one attached hydrogen (secondary N) is 2. The molecule has 0 radical (unpaired) electrons. The van der Waals surface area contributed by atoms with Gasteiger partial charge in [-0.15, -0.1) is 0 Å². The molecule has 1 aliphatic carbocycles. The Labute approximate surface area is 194 Å². The first-order chi connectivity index (χ1) is 16.1. The fourth-order valence-corrected chi connectivity index (χ4v) is 4.26. The first-order valence-corrected chi connectivity index (χ1v) is 11.7. The third-order valence-electron chi connectivity index (χ3n) is 6.29. The summed E-state index contributed by atoms with van der Waals surface area (Å²) < 4.78 is 0. The normalized spacial score (nSPS) is 17.0. The monoisotopic (exact) mass is 442 g/mol. The number of anilines is 2. The van der Waals surface area contributed by atoms with Gasteiger partial charge in [0.25, 0.3) is 5.91 Å². The maximum atomic E-state index is 12.2. The van der Waals surface area contributed by atoms with E-state index in [1.165, 1.54) is 5.56 Å². The lowest BCUT2D eigenvalue weighted by Crippen LogP contribution is -2.38. The van der Waals surface area contributed by atoms with Gasteiger partial charge in [0.2, 0.25) is 5.95 Å². The molecule has 0 spiro atoms. The zero-order chi connectivity index (χ0) is 22.6. The second kappa shape index (κ2) is 9.58. The average molecular weight is 443 g/mol. The SMILES string of the molecule is Nc1nc(NC2CCN(Cc3ccccc3)CC2)cc(-c2ccc(C(=O)NC3CC3)cc2)n1. The van der Waals surface area contributed by atoms with Crippen LogP contribution in [0.1, 0.15) is 41.6 Å². The Morgan fingerprint density at radius 1 is 0.939 bits per heavy atom. The number of nitrogen functional groups attached to an aromatic ring is 1. The van der Waals surface area contributed by atoms with Crippen LogP contribution in [0.15, 0.2) is 60.7 Å². The highest BCUT2D eigenvalue weighted by Crippen LogP contribution is 2.24. The molecule has 7 heteroatoms. The Hall–Kier alpha value is -3.45. The predicted molar refractivity (Wildman–Crippen MR) is 131 cm³/mol. The molecule has 1 aromatic heterocycles. The maximum absolute atomic E-state index is 12.2. The van der Waals surface area contributed by atoms with Gasteiger partial charge in [-0.25, -0.2) is 4.98 Å². The highest BCUT2D eigenvalue weighted by atomic mass is 16.1. The summed E-state index contributed by atoms with van der Waals surface area (Å²) in [6, 6.07) is 20.7. The summed E-state index contributed by atoms with van der Waals surface area (Å²) in [4.78, 5) is 23.5. The largest absolute Gasteiger partial charge is 0.368 e. The molecule has 1 saturated heterocycles. The lowest BCUT2D eigenvalue weighted by Gasteiger charge is -2.32. The summed E-state index contributed by atoms with van der Waals surface area (Å²) in [5, 5.41) is 6.56. The van der Waals surface area contributed by atoms with Crippen molar-refractivity contribution in [3.05, 3.63) is 71.8 Å². The number of carbonyl (C=O) groups is 1. The van der Waals surface area contributed by atoms with Crippen LogP contribution in [0.3, 0.4) is 0 Å². The van der Waals surface area contributed by atoms with E-state index < -0.39 is 0 Å². The predicted octanol–water partition coefficient (Wildman–Crippen LogP) is 3.69. The zero-order valence-corrected chi connectivity index (χ0v) is 18.7. The van der Waals surface area contributed by atoms with Gasteiger partial charge >= 0.3 is 0 Å². The fourth-order valence-electron chi connectivity index (χ4n) is 4.26. The van der Waals surface area contributed by atoms with Gasteiger partial charge in [-0.05, 0) is 43.4 Å². The minimum absolute atomic E-state index is 0.0211. The van der Waals surface area contributed by atoms with Gasteiger partial charge in [0.15, 0.2) is 0 Å². The molecule has 0 bridgehead atoms. The second-order valence-corrected chi connectivity index (χ2v) is 9.00. The smallest absolute Gasteiger partial charge is 0.251 e. The Kier molecular flexibility index (Phi) is 6.21. The van der Waals surface area contributed by atoms with Gasteiger partial charge < -0.3 is 16.4 Å². The van der Waals surface area contributed by atoms with Crippen LogP contribution in [0.25, 0.3) is 11.3 Å². The summed E-state index contributed by atoms with van der Waals surface area (Å²) in [6.07, 6.45) is 4.26. The number of hydrogen-bond donors (Lipinski definition) is 3. The van der Waals surface area contributed by atoms with Gasteiger partial charge in [-0.3, -0.25) is 9.69 Å². The van der Waals surface area contributed by atoms with Crippen LogP contribution in [0, 0.1) is 0 Å². The first kappa shape index (κ1) is 21.4. The molecule has 2 heterocycles. The lowest BCUT2D eigenvalue weighted by atomic mass is 10.0. The third kappa shape index (κ3) is 5.68. The van der Waals surface area contributed by atoms with Crippen molar-refractivity contribution in [2.45, 2.75) is 44.3 Å². The zero-order valence-electron chi connectivity index (χ0n) is 18.7. The standard InChI is InChI=1S/C26H30N6O/c27-26-30-23(19-6-8-20(9-7-19)25(33)29-21-10-11-21)16-24(31-26)28-22-12-14-32(15-13-22)17-18-4-2-1-3-5-18/h1-9,16,21-22H,10-15,17H2,(H,29,33)(H3,27,28,30,31). The molecule has 3 aromatic rings. The van der Waals surface area contributed by atoms with Crippen LogP contribution >= 0.6 is 0 Å². The quantitative estimate of drug-likeness (QED) is 0.516. The minimum Gasteiger partial charge on any atom is -0.368 e. The molecule has 1 aliphatic heterocycles. The van der Waals surface area contributed by atoms with Crippen molar-refractivity contribution >= 4 is 17.7 Å². The molecule has 5 rings (SSSR count). The van der Waals surface area contributed by atoms with E-state index in [0.29, 0.717) is 17.6 Å². The number of carbonyl (C=O) groups excluding carboxylic acids is 1. The van der Waals surface area contributed by atoms with E-state index in [1.807, 2.05) is 30.3 Å². The summed E-state index contributed by atoms with van der Waals surface area (Å²) >= 11 is 0. The molecule has 1 amide bonds. The van der Waals surface area contributed by atoms with Crippen molar-refractivity contribution in [3.63, 3.8) is 0 Å². The fraction of sp³-hybridized carbons (Fsp3) is 0.346. The molecule has 1 saturated carbocycles. The minimum atomic E-state index is -0.0211. The molecule has 2 fully saturated rings. The van der Waals surface area contributed by atoms with E-state index >= 15 is 0 Å². The average Bonchev–Trinajstić information content (AvgIpc) is 3.65. The van der Waals surface area contributed by atoms with E-state index in [1.54, 1.807) is 0 Å². The van der Waals surface area contributed by atoms with Crippen LogP contribution in [0.4, 0.5) is 11.8 Å². The van der Waals surface area contributed by atoms with Crippen LogP contribution in [0.2, 0.25) is 0 Å². The lowest BCUT2D eigenvalue weighted by molar-refractivity contribution is 0.0951. The molecule has 170 valence electrons. The molecular weight excluding hydrogens is 412 g/mol. The number of piperidine rings is 1. The number of nitrogens with zero attached hydrogens (tertiary/aromatic N) is 3. The summed E-state index contributed by atoms with van der Waals surface area (Å²) in [5.74, 6) is 0.967. The molecule has 7 nitrogen and oxygen atoms in total. The molecule has 2 aromatic carbocycles. The molecule has 33 heavy (non-hydrogen) atoms. The van der Waals surface area contributed by atoms with Crippen LogP contribution < -0.4 is 16.4 Å². The Bertz CT molecular complexity index is 1090. The highest BCUT2D eigenvalue weighted by molar-refractivity contribution is 5.95. The molecular formula is C26H30N6O. The number of nitrogens with two attached hydrogens (primary N) is 1. The Balaban J connectivity index is 1.20. The Morgan fingerprint density at radius 2 is 1.67 bits per heavy atom. The first-order valence-electron chi connectivity index (χ1n) is 11.7. The van der Waals surface area contributed by atoms with E-state index in [-0.39, 0.29) is 11.9 Å². The van der Waals surface area contributed by atoms with Gasteiger partial charge in [-0.1, -0.05) is 42.5 Å². The summed E-state index contributed by atoms with van der Waals surface area (Å²) in [5.41, 5.74) is 9.69. The number of benzene rings is 2. The highest BCUT2D eigenvalue weighted by Gasteiger charge is 2.24. The van der Waals surface area contributed by atoms with Crippen molar-refractivity contribution < 1.29 is 4.79 Å². The van der Waals surface area contributed by atoms with E-state index in [4.69, 9.17) is 5.73 Å². The molecule has 4 N–H and O–H groups in total. The number of hydrogen-bond acceptors (Lipinski definition) is 6.